The number of rotatable bonds is 4. The molecule has 1 N–H and O–H groups in total. The van der Waals surface area contributed by atoms with Crippen molar-refractivity contribution >= 4 is 23.3 Å². The summed E-state index contributed by atoms with van der Waals surface area (Å²) < 4.78 is 45.6. The zero-order valence-electron chi connectivity index (χ0n) is 21.7. The molecule has 1 unspecified atom stereocenters. The topological polar surface area (TPSA) is 84.4 Å². The van der Waals surface area contributed by atoms with Crippen LogP contribution in [0, 0.1) is 31.6 Å². The Morgan fingerprint density at radius 1 is 1.10 bits per heavy atom. The number of pyridine rings is 2. The molecule has 6 rings (SSSR count). The van der Waals surface area contributed by atoms with Gasteiger partial charge in [0.25, 0.3) is 5.91 Å². The van der Waals surface area contributed by atoms with Gasteiger partial charge in [0.1, 0.15) is 11.5 Å². The number of benzene rings is 1. The van der Waals surface area contributed by atoms with Crippen LogP contribution in [0.3, 0.4) is 0 Å². The summed E-state index contributed by atoms with van der Waals surface area (Å²) in [6.07, 6.45) is -1.94. The molecule has 2 aliphatic heterocycles. The van der Waals surface area contributed by atoms with Crippen molar-refractivity contribution in [3.63, 3.8) is 0 Å². The smallest absolute Gasteiger partial charge is 0.381 e. The maximum absolute atomic E-state index is 13.3. The average Bonchev–Trinajstić information content (AvgIpc) is 3.28. The van der Waals surface area contributed by atoms with Crippen molar-refractivity contribution in [2.45, 2.75) is 32.9 Å². The molecule has 2 fully saturated rings. The lowest BCUT2D eigenvalue weighted by Crippen LogP contribution is -2.57. The SMILES string of the molecule is CCN1C(=O)C2[C@H]3COC[C@H]3[C@@H]2c2cc(-c3cc(NC(=O)c4ccnc(C(F)(F)F)c4C)ccc3C)cnc21. The van der Waals surface area contributed by atoms with E-state index in [2.05, 4.69) is 16.4 Å². The highest BCUT2D eigenvalue weighted by Crippen LogP contribution is 2.60. The van der Waals surface area contributed by atoms with Gasteiger partial charge in [-0.3, -0.25) is 19.5 Å². The van der Waals surface area contributed by atoms with E-state index in [-0.39, 0.29) is 34.8 Å². The fourth-order valence-corrected chi connectivity index (χ4v) is 6.43. The van der Waals surface area contributed by atoms with Crippen molar-refractivity contribution in [3.05, 3.63) is 70.7 Å². The van der Waals surface area contributed by atoms with Gasteiger partial charge in [0.15, 0.2) is 0 Å². The standard InChI is InChI=1S/C29H27F3N4O3/c1-4-36-26-20(23-21-12-39-13-22(21)24(23)28(36)38)9-16(11-34-26)19-10-17(6-5-14(19)2)35-27(37)18-7-8-33-25(15(18)3)29(30,31)32/h5-11,21-24H,4,12-13H2,1-3H3,(H,35,37)/t21-,22+,23+,24?/m1/s1. The van der Waals surface area contributed by atoms with Gasteiger partial charge in [0.2, 0.25) is 5.91 Å². The molecule has 7 nitrogen and oxygen atoms in total. The highest BCUT2D eigenvalue weighted by atomic mass is 19.4. The maximum atomic E-state index is 13.3. The quantitative estimate of drug-likeness (QED) is 0.485. The van der Waals surface area contributed by atoms with Crippen molar-refractivity contribution in [2.75, 3.05) is 30.0 Å². The number of carbonyl (C=O) groups is 2. The molecule has 202 valence electrons. The number of aromatic nitrogens is 2. The van der Waals surface area contributed by atoms with Gasteiger partial charge >= 0.3 is 6.18 Å². The van der Waals surface area contributed by atoms with Gasteiger partial charge in [-0.15, -0.1) is 0 Å². The van der Waals surface area contributed by atoms with Crippen molar-refractivity contribution in [2.24, 2.45) is 17.8 Å². The number of fused-ring (bicyclic) bond motifs is 6. The Labute approximate surface area is 223 Å². The van der Waals surface area contributed by atoms with E-state index in [1.807, 2.05) is 19.9 Å². The predicted octanol–water partition coefficient (Wildman–Crippen LogP) is 5.37. The molecular weight excluding hydrogens is 509 g/mol. The van der Waals surface area contributed by atoms with Crippen molar-refractivity contribution in [1.82, 2.24) is 9.97 Å². The number of nitrogens with one attached hydrogen (secondary N) is 1. The second kappa shape index (κ2) is 9.15. The lowest BCUT2D eigenvalue weighted by atomic mass is 9.54. The highest BCUT2D eigenvalue weighted by molar-refractivity contribution is 6.05. The number of hydrogen-bond donors (Lipinski definition) is 1. The molecule has 3 aromatic rings. The van der Waals surface area contributed by atoms with Crippen molar-refractivity contribution in [3.8, 4) is 11.1 Å². The van der Waals surface area contributed by atoms with Gasteiger partial charge in [-0.1, -0.05) is 6.07 Å². The van der Waals surface area contributed by atoms with Crippen molar-refractivity contribution in [1.29, 1.82) is 0 Å². The number of anilines is 2. The lowest BCUT2D eigenvalue weighted by Gasteiger charge is -2.52. The molecule has 2 aromatic heterocycles. The second-order valence-corrected chi connectivity index (χ2v) is 10.4. The second-order valence-electron chi connectivity index (χ2n) is 10.4. The van der Waals surface area contributed by atoms with Gasteiger partial charge in [-0.25, -0.2) is 4.98 Å². The number of aryl methyl sites for hydroxylation is 1. The van der Waals surface area contributed by atoms with E-state index in [1.165, 1.54) is 13.0 Å². The van der Waals surface area contributed by atoms with Crippen LogP contribution >= 0.6 is 0 Å². The first kappa shape index (κ1) is 25.5. The molecule has 0 radical (unpaired) electrons. The normalized spacial score (nSPS) is 23.5. The Morgan fingerprint density at radius 3 is 2.56 bits per heavy atom. The van der Waals surface area contributed by atoms with E-state index < -0.39 is 17.8 Å². The number of carbonyl (C=O) groups excluding carboxylic acids is 2. The van der Waals surface area contributed by atoms with Crippen LogP contribution in [0.15, 0.2) is 42.7 Å². The predicted molar refractivity (Wildman–Crippen MR) is 138 cm³/mol. The van der Waals surface area contributed by atoms with Crippen LogP contribution in [0.25, 0.3) is 11.1 Å². The minimum Gasteiger partial charge on any atom is -0.381 e. The van der Waals surface area contributed by atoms with Crippen LogP contribution in [-0.2, 0) is 15.7 Å². The van der Waals surface area contributed by atoms with E-state index >= 15 is 0 Å². The molecule has 10 heteroatoms. The molecule has 3 aliphatic rings. The molecule has 1 saturated carbocycles. The number of ether oxygens (including phenoxy) is 1. The fraction of sp³-hybridized carbons (Fsp3) is 0.379. The molecule has 39 heavy (non-hydrogen) atoms. The van der Waals surface area contributed by atoms with Crippen LogP contribution in [-0.4, -0.2) is 41.5 Å². The summed E-state index contributed by atoms with van der Waals surface area (Å²) in [5.74, 6) is 0.653. The number of halogens is 3. The summed E-state index contributed by atoms with van der Waals surface area (Å²) in [5.41, 5.74) is 2.70. The molecule has 0 bridgehead atoms. The van der Waals surface area contributed by atoms with Gasteiger partial charge in [-0.2, -0.15) is 13.2 Å². The summed E-state index contributed by atoms with van der Waals surface area (Å²) in [7, 11) is 0. The van der Waals surface area contributed by atoms with Crippen LogP contribution in [0.5, 0.6) is 0 Å². The Hall–Kier alpha value is -3.79. The first-order valence-corrected chi connectivity index (χ1v) is 12.9. The Morgan fingerprint density at radius 2 is 1.85 bits per heavy atom. The average molecular weight is 537 g/mol. The van der Waals surface area contributed by atoms with Gasteiger partial charge in [0, 0.05) is 53.2 Å². The first-order chi connectivity index (χ1) is 18.6. The number of hydrogen-bond acceptors (Lipinski definition) is 5. The fourth-order valence-electron chi connectivity index (χ4n) is 6.43. The zero-order valence-corrected chi connectivity index (χ0v) is 21.7. The third-order valence-corrected chi connectivity index (χ3v) is 8.38. The first-order valence-electron chi connectivity index (χ1n) is 12.9. The summed E-state index contributed by atoms with van der Waals surface area (Å²) in [6.45, 7) is 6.90. The summed E-state index contributed by atoms with van der Waals surface area (Å²) >= 11 is 0. The monoisotopic (exact) mass is 536 g/mol. The molecule has 4 atom stereocenters. The molecule has 4 heterocycles. The van der Waals surface area contributed by atoms with Gasteiger partial charge in [0.05, 0.1) is 19.1 Å². The zero-order chi connectivity index (χ0) is 27.6. The van der Waals surface area contributed by atoms with E-state index in [0.29, 0.717) is 37.2 Å². The van der Waals surface area contributed by atoms with E-state index in [0.717, 1.165) is 28.5 Å². The van der Waals surface area contributed by atoms with Crippen LogP contribution in [0.1, 0.15) is 45.6 Å². The summed E-state index contributed by atoms with van der Waals surface area (Å²) in [5, 5.41) is 2.73. The molecule has 2 amide bonds. The Balaban J connectivity index is 1.33. The van der Waals surface area contributed by atoms with Crippen LogP contribution in [0.2, 0.25) is 0 Å². The molecule has 1 saturated heterocycles. The maximum Gasteiger partial charge on any atom is 0.433 e. The van der Waals surface area contributed by atoms with Crippen LogP contribution in [0.4, 0.5) is 24.7 Å². The third-order valence-electron chi connectivity index (χ3n) is 8.38. The Bertz CT molecular complexity index is 1510. The summed E-state index contributed by atoms with van der Waals surface area (Å²) in [6, 6.07) is 8.71. The molecule has 1 aromatic carbocycles. The van der Waals surface area contributed by atoms with E-state index in [4.69, 9.17) is 9.72 Å². The van der Waals surface area contributed by atoms with Crippen LogP contribution < -0.4 is 10.2 Å². The lowest BCUT2D eigenvalue weighted by molar-refractivity contribution is -0.141. The number of nitrogens with zero attached hydrogens (tertiary/aromatic N) is 3. The van der Waals surface area contributed by atoms with Gasteiger partial charge in [-0.05, 0) is 67.6 Å². The molecule has 1 aliphatic carbocycles. The van der Waals surface area contributed by atoms with E-state index in [9.17, 15) is 22.8 Å². The number of alkyl halides is 3. The third kappa shape index (κ3) is 4.00. The Kier molecular flexibility index (Phi) is 5.98. The highest BCUT2D eigenvalue weighted by Gasteiger charge is 2.60. The minimum atomic E-state index is -4.65. The van der Waals surface area contributed by atoms with Crippen molar-refractivity contribution < 1.29 is 27.5 Å². The minimum absolute atomic E-state index is 0.0657. The molecule has 0 spiro atoms. The number of amides is 2. The van der Waals surface area contributed by atoms with Gasteiger partial charge < -0.3 is 10.1 Å². The largest absolute Gasteiger partial charge is 0.433 e. The molecular formula is C29H27F3N4O3. The summed E-state index contributed by atoms with van der Waals surface area (Å²) in [4.78, 5) is 36.1. The van der Waals surface area contributed by atoms with E-state index in [1.54, 1.807) is 23.2 Å².